The third-order valence-corrected chi connectivity index (χ3v) is 5.64. The van der Waals surface area contributed by atoms with E-state index in [0.29, 0.717) is 17.5 Å². The number of hydrogen-bond donors (Lipinski definition) is 2. The first-order valence-corrected chi connectivity index (χ1v) is 8.87. The molecule has 2 N–H and O–H groups in total. The third kappa shape index (κ3) is 4.26. The van der Waals surface area contributed by atoms with Gasteiger partial charge in [0, 0.05) is 18.6 Å². The summed E-state index contributed by atoms with van der Waals surface area (Å²) in [7, 11) is 0.489. The predicted octanol–water partition coefficient (Wildman–Crippen LogP) is 1.17. The highest BCUT2D eigenvalue weighted by atomic mass is 32.2. The van der Waals surface area contributed by atoms with E-state index in [1.807, 2.05) is 13.1 Å². The number of piperidine rings is 1. The molecule has 0 saturated carbocycles. The summed E-state index contributed by atoms with van der Waals surface area (Å²) in [5.41, 5.74) is 0.970. The van der Waals surface area contributed by atoms with Crippen molar-refractivity contribution in [2.75, 3.05) is 20.6 Å². The van der Waals surface area contributed by atoms with Gasteiger partial charge in [0.2, 0.25) is 10.0 Å². The highest BCUT2D eigenvalue weighted by Crippen LogP contribution is 2.18. The molecule has 1 aromatic carbocycles. The van der Waals surface area contributed by atoms with Crippen molar-refractivity contribution in [1.82, 2.24) is 14.9 Å². The lowest BCUT2D eigenvalue weighted by molar-refractivity contribution is 0.178. The zero-order chi connectivity index (χ0) is 15.5. The molecule has 0 amide bonds. The molecule has 1 saturated heterocycles. The van der Waals surface area contributed by atoms with Crippen LogP contribution in [-0.4, -0.2) is 46.0 Å². The maximum Gasteiger partial charge on any atom is 0.240 e. The van der Waals surface area contributed by atoms with Gasteiger partial charge in [-0.25, -0.2) is 13.1 Å². The van der Waals surface area contributed by atoms with Crippen molar-refractivity contribution in [3.05, 3.63) is 29.8 Å². The number of rotatable bonds is 5. The minimum Gasteiger partial charge on any atom is -0.316 e. The molecule has 0 radical (unpaired) electrons. The number of nitrogens with zero attached hydrogens (tertiary/aromatic N) is 1. The third-order valence-electron chi connectivity index (χ3n) is 4.12. The van der Waals surface area contributed by atoms with Gasteiger partial charge in [0.25, 0.3) is 0 Å². The first-order chi connectivity index (χ1) is 9.92. The summed E-state index contributed by atoms with van der Waals surface area (Å²) < 4.78 is 27.9. The molecular weight excluding hydrogens is 286 g/mol. The number of likely N-dealkylation sites (tertiary alicyclic amines) is 1. The summed E-state index contributed by atoms with van der Waals surface area (Å²) in [6, 6.07) is 7.53. The fourth-order valence-corrected chi connectivity index (χ4v) is 4.06. The van der Waals surface area contributed by atoms with Crippen LogP contribution in [0, 0.1) is 0 Å². The zero-order valence-electron chi connectivity index (χ0n) is 13.0. The van der Waals surface area contributed by atoms with Crippen molar-refractivity contribution in [2.24, 2.45) is 0 Å². The second-order valence-electron chi connectivity index (χ2n) is 5.85. The molecule has 118 valence electrons. The van der Waals surface area contributed by atoms with Gasteiger partial charge in [-0.1, -0.05) is 12.1 Å². The van der Waals surface area contributed by atoms with Gasteiger partial charge in [-0.15, -0.1) is 0 Å². The molecule has 1 heterocycles. The molecule has 5 nitrogen and oxygen atoms in total. The summed E-state index contributed by atoms with van der Waals surface area (Å²) in [5.74, 6) is 0. The largest absolute Gasteiger partial charge is 0.316 e. The lowest BCUT2D eigenvalue weighted by Gasteiger charge is -2.35. The van der Waals surface area contributed by atoms with E-state index in [9.17, 15) is 8.42 Å². The Morgan fingerprint density at radius 2 is 2.14 bits per heavy atom. The van der Waals surface area contributed by atoms with E-state index in [1.54, 1.807) is 18.2 Å². The minimum atomic E-state index is -3.44. The van der Waals surface area contributed by atoms with Crippen molar-refractivity contribution in [1.29, 1.82) is 0 Å². The molecule has 1 aromatic rings. The summed E-state index contributed by atoms with van der Waals surface area (Å²) in [4.78, 5) is 2.61. The Bertz CT molecular complexity index is 574. The van der Waals surface area contributed by atoms with Gasteiger partial charge < -0.3 is 10.2 Å². The minimum absolute atomic E-state index is 0.0224. The zero-order valence-corrected chi connectivity index (χ0v) is 13.8. The molecule has 2 unspecified atom stereocenters. The van der Waals surface area contributed by atoms with E-state index in [-0.39, 0.29) is 6.04 Å². The van der Waals surface area contributed by atoms with Crippen LogP contribution < -0.4 is 10.0 Å². The highest BCUT2D eigenvalue weighted by Gasteiger charge is 2.27. The van der Waals surface area contributed by atoms with Crippen molar-refractivity contribution in [3.8, 4) is 0 Å². The quantitative estimate of drug-likeness (QED) is 0.857. The standard InChI is InChI=1S/C15H25N3O2S/c1-12-9-14(7-8-18(12)3)17-21(19,20)15-6-4-5-13(10-15)11-16-2/h4-6,10,12,14,16-17H,7-9,11H2,1-3H3. The predicted molar refractivity (Wildman–Crippen MR) is 84.6 cm³/mol. The van der Waals surface area contributed by atoms with Gasteiger partial charge in [0.15, 0.2) is 0 Å². The Kier molecular flexibility index (Phi) is 5.37. The van der Waals surface area contributed by atoms with Gasteiger partial charge in [0.05, 0.1) is 4.90 Å². The molecule has 1 aliphatic rings. The van der Waals surface area contributed by atoms with Crippen LogP contribution in [0.3, 0.4) is 0 Å². The normalized spacial score (nSPS) is 24.1. The Balaban J connectivity index is 2.09. The van der Waals surface area contributed by atoms with Crippen molar-refractivity contribution >= 4 is 10.0 Å². The fourth-order valence-electron chi connectivity index (χ4n) is 2.71. The molecule has 6 heteroatoms. The maximum atomic E-state index is 12.5. The topological polar surface area (TPSA) is 61.4 Å². The van der Waals surface area contributed by atoms with Crippen molar-refractivity contribution in [3.63, 3.8) is 0 Å². The first-order valence-electron chi connectivity index (χ1n) is 7.38. The average molecular weight is 311 g/mol. The number of nitrogens with one attached hydrogen (secondary N) is 2. The number of hydrogen-bond acceptors (Lipinski definition) is 4. The molecule has 1 fully saturated rings. The Morgan fingerprint density at radius 3 is 2.81 bits per heavy atom. The van der Waals surface area contributed by atoms with Crippen LogP contribution in [-0.2, 0) is 16.6 Å². The Hall–Kier alpha value is -0.950. The molecule has 1 aliphatic heterocycles. The first kappa shape index (κ1) is 16.4. The van der Waals surface area contributed by atoms with E-state index in [0.717, 1.165) is 24.9 Å². The maximum absolute atomic E-state index is 12.5. The van der Waals surface area contributed by atoms with Crippen LogP contribution in [0.25, 0.3) is 0 Å². The smallest absolute Gasteiger partial charge is 0.240 e. The SMILES string of the molecule is CNCc1cccc(S(=O)(=O)NC2CCN(C)C(C)C2)c1. The van der Waals surface area contributed by atoms with Crippen molar-refractivity contribution < 1.29 is 8.42 Å². The lowest BCUT2D eigenvalue weighted by Crippen LogP contribution is -2.47. The molecule has 2 rings (SSSR count). The van der Waals surface area contributed by atoms with E-state index in [2.05, 4.69) is 28.9 Å². The van der Waals surface area contributed by atoms with Crippen molar-refractivity contribution in [2.45, 2.75) is 43.3 Å². The fraction of sp³-hybridized carbons (Fsp3) is 0.600. The van der Waals surface area contributed by atoms with Gasteiger partial charge >= 0.3 is 0 Å². The molecule has 0 aliphatic carbocycles. The van der Waals surface area contributed by atoms with Crippen LogP contribution in [0.5, 0.6) is 0 Å². The molecule has 0 spiro atoms. The summed E-state index contributed by atoms with van der Waals surface area (Å²) in [5, 5.41) is 3.03. The van der Waals surface area contributed by atoms with Crippen LogP contribution in [0.2, 0.25) is 0 Å². The van der Waals surface area contributed by atoms with Gasteiger partial charge in [-0.2, -0.15) is 0 Å². The summed E-state index contributed by atoms with van der Waals surface area (Å²) in [6.07, 6.45) is 1.71. The molecule has 2 atom stereocenters. The van der Waals surface area contributed by atoms with Gasteiger partial charge in [-0.3, -0.25) is 0 Å². The summed E-state index contributed by atoms with van der Waals surface area (Å²) >= 11 is 0. The van der Waals surface area contributed by atoms with E-state index < -0.39 is 10.0 Å². The second kappa shape index (κ2) is 6.87. The molecule has 0 bridgehead atoms. The van der Waals surface area contributed by atoms with E-state index >= 15 is 0 Å². The summed E-state index contributed by atoms with van der Waals surface area (Å²) in [6.45, 7) is 3.72. The molecule has 21 heavy (non-hydrogen) atoms. The monoisotopic (exact) mass is 311 g/mol. The van der Waals surface area contributed by atoms with Crippen LogP contribution in [0.4, 0.5) is 0 Å². The van der Waals surface area contributed by atoms with Crippen LogP contribution in [0.1, 0.15) is 25.3 Å². The Morgan fingerprint density at radius 1 is 1.38 bits per heavy atom. The lowest BCUT2D eigenvalue weighted by atomic mass is 10.0. The Labute approximate surface area is 127 Å². The van der Waals surface area contributed by atoms with Crippen LogP contribution in [0.15, 0.2) is 29.2 Å². The number of sulfonamides is 1. The van der Waals surface area contributed by atoms with E-state index in [4.69, 9.17) is 0 Å². The highest BCUT2D eigenvalue weighted by molar-refractivity contribution is 7.89. The molecule has 0 aromatic heterocycles. The van der Waals surface area contributed by atoms with Gasteiger partial charge in [0.1, 0.15) is 0 Å². The molecular formula is C15H25N3O2S. The van der Waals surface area contributed by atoms with Gasteiger partial charge in [-0.05, 0) is 58.1 Å². The number of benzene rings is 1. The van der Waals surface area contributed by atoms with Crippen LogP contribution >= 0.6 is 0 Å². The average Bonchev–Trinajstić information content (AvgIpc) is 2.43. The second-order valence-corrected chi connectivity index (χ2v) is 7.56. The van der Waals surface area contributed by atoms with E-state index in [1.165, 1.54) is 0 Å².